The Morgan fingerprint density at radius 1 is 1.10 bits per heavy atom. The number of phenols is 1. The van der Waals surface area contributed by atoms with Crippen molar-refractivity contribution in [3.05, 3.63) is 70.7 Å². The van der Waals surface area contributed by atoms with Gasteiger partial charge in [-0.1, -0.05) is 12.1 Å². The first kappa shape index (κ1) is 19.1. The lowest BCUT2D eigenvalue weighted by Crippen LogP contribution is -2.29. The molecule has 0 spiro atoms. The number of ketones is 1. The summed E-state index contributed by atoms with van der Waals surface area (Å²) in [5.41, 5.74) is 0.683. The molecule has 8 nitrogen and oxygen atoms in total. The van der Waals surface area contributed by atoms with E-state index in [9.17, 15) is 19.8 Å². The number of hydrogen-bond donors (Lipinski definition) is 2. The van der Waals surface area contributed by atoms with Gasteiger partial charge < -0.3 is 19.7 Å². The highest BCUT2D eigenvalue weighted by atomic mass is 32.1. The molecule has 1 atom stereocenters. The van der Waals surface area contributed by atoms with Gasteiger partial charge in [0.2, 0.25) is 0 Å². The largest absolute Gasteiger partial charge is 0.508 e. The summed E-state index contributed by atoms with van der Waals surface area (Å²) in [7, 11) is 0. The van der Waals surface area contributed by atoms with E-state index >= 15 is 0 Å². The fraction of sp³-hybridized carbons (Fsp3) is 0.136. The Morgan fingerprint density at radius 3 is 2.65 bits per heavy atom. The van der Waals surface area contributed by atoms with Crippen LogP contribution in [0.2, 0.25) is 0 Å². The van der Waals surface area contributed by atoms with E-state index in [1.807, 2.05) is 0 Å². The molecular formula is C22H16N2O6S. The number of hydrogen-bond acceptors (Lipinski definition) is 8. The number of Topliss-reactive ketones (excluding diaryl/α,β-unsaturated/α-hetero) is 1. The SMILES string of the molecule is O=C1C(=O)N(c2nccs2)C(c2cccc(O)c2)C1=C(O)c1ccc2c(c1)OCCO2. The van der Waals surface area contributed by atoms with Gasteiger partial charge in [-0.25, -0.2) is 4.98 Å². The van der Waals surface area contributed by atoms with Gasteiger partial charge in [0.15, 0.2) is 16.6 Å². The predicted molar refractivity (Wildman–Crippen MR) is 112 cm³/mol. The number of aliphatic hydroxyl groups is 1. The minimum atomic E-state index is -0.952. The second-order valence-corrected chi connectivity index (χ2v) is 7.81. The number of ether oxygens (including phenoxy) is 2. The van der Waals surface area contributed by atoms with Gasteiger partial charge in [0.1, 0.15) is 24.7 Å². The van der Waals surface area contributed by atoms with E-state index in [2.05, 4.69) is 4.98 Å². The van der Waals surface area contributed by atoms with Crippen LogP contribution in [0.3, 0.4) is 0 Å². The number of anilines is 1. The zero-order chi connectivity index (χ0) is 21.5. The first-order chi connectivity index (χ1) is 15.0. The van der Waals surface area contributed by atoms with Crippen LogP contribution in [0.4, 0.5) is 5.13 Å². The number of aliphatic hydroxyl groups excluding tert-OH is 1. The van der Waals surface area contributed by atoms with Crippen molar-refractivity contribution in [1.29, 1.82) is 0 Å². The number of carbonyl (C=O) groups excluding carboxylic acids is 2. The lowest BCUT2D eigenvalue weighted by Gasteiger charge is -2.23. The topological polar surface area (TPSA) is 109 Å². The maximum absolute atomic E-state index is 13.0. The third-order valence-corrected chi connectivity index (χ3v) is 5.84. The number of rotatable bonds is 3. The van der Waals surface area contributed by atoms with Crippen LogP contribution in [-0.4, -0.2) is 40.1 Å². The van der Waals surface area contributed by atoms with Crippen LogP contribution < -0.4 is 14.4 Å². The molecule has 2 N–H and O–H groups in total. The molecule has 3 heterocycles. The third-order valence-electron chi connectivity index (χ3n) is 5.07. The molecule has 31 heavy (non-hydrogen) atoms. The minimum absolute atomic E-state index is 0.0263. The van der Waals surface area contributed by atoms with Gasteiger partial charge in [0.05, 0.1) is 11.6 Å². The van der Waals surface area contributed by atoms with Gasteiger partial charge in [0.25, 0.3) is 5.78 Å². The molecule has 1 aromatic heterocycles. The van der Waals surface area contributed by atoms with E-state index in [0.717, 1.165) is 0 Å². The number of nitrogens with zero attached hydrogens (tertiary/aromatic N) is 2. The van der Waals surface area contributed by atoms with Gasteiger partial charge in [0, 0.05) is 17.1 Å². The zero-order valence-corrected chi connectivity index (χ0v) is 16.8. The van der Waals surface area contributed by atoms with E-state index in [1.54, 1.807) is 35.7 Å². The summed E-state index contributed by atoms with van der Waals surface area (Å²) >= 11 is 1.20. The van der Waals surface area contributed by atoms with Crippen molar-refractivity contribution in [1.82, 2.24) is 4.98 Å². The summed E-state index contributed by atoms with van der Waals surface area (Å²) in [5, 5.41) is 23.1. The molecule has 0 aliphatic carbocycles. The summed E-state index contributed by atoms with van der Waals surface area (Å²) in [5.74, 6) is -1.03. The molecule has 2 aromatic carbocycles. The van der Waals surface area contributed by atoms with Crippen LogP contribution in [0, 0.1) is 0 Å². The summed E-state index contributed by atoms with van der Waals surface area (Å²) in [6.45, 7) is 0.795. The Balaban J connectivity index is 1.69. The van der Waals surface area contributed by atoms with Crippen LogP contribution in [0.25, 0.3) is 5.76 Å². The standard InChI is InChI=1S/C22H16N2O6S/c25-14-3-1-2-12(10-14)18-17(20(27)21(28)24(18)22-23-6-9-31-22)19(26)13-4-5-15-16(11-13)30-8-7-29-15/h1-6,9-11,18,25-26H,7-8H2. The Kier molecular flexibility index (Phi) is 4.59. The summed E-state index contributed by atoms with van der Waals surface area (Å²) < 4.78 is 11.1. The average molecular weight is 436 g/mol. The summed E-state index contributed by atoms with van der Waals surface area (Å²) in [4.78, 5) is 31.4. The van der Waals surface area contributed by atoms with Crippen LogP contribution in [-0.2, 0) is 9.59 Å². The first-order valence-electron chi connectivity index (χ1n) is 9.44. The van der Waals surface area contributed by atoms with Crippen LogP contribution in [0.1, 0.15) is 17.2 Å². The van der Waals surface area contributed by atoms with Crippen molar-refractivity contribution >= 4 is 33.9 Å². The molecule has 9 heteroatoms. The quantitative estimate of drug-likeness (QED) is 0.368. The molecule has 0 bridgehead atoms. The number of phenolic OH excluding ortho intramolecular Hbond substituents is 1. The lowest BCUT2D eigenvalue weighted by molar-refractivity contribution is -0.132. The Morgan fingerprint density at radius 2 is 1.90 bits per heavy atom. The van der Waals surface area contributed by atoms with Gasteiger partial charge >= 0.3 is 5.91 Å². The molecule has 2 aliphatic rings. The van der Waals surface area contributed by atoms with E-state index in [4.69, 9.17) is 9.47 Å². The minimum Gasteiger partial charge on any atom is -0.508 e. The van der Waals surface area contributed by atoms with Crippen molar-refractivity contribution in [3.8, 4) is 17.2 Å². The lowest BCUT2D eigenvalue weighted by atomic mass is 9.95. The van der Waals surface area contributed by atoms with Crippen molar-refractivity contribution in [2.24, 2.45) is 0 Å². The van der Waals surface area contributed by atoms with Crippen molar-refractivity contribution in [2.75, 3.05) is 18.1 Å². The predicted octanol–water partition coefficient (Wildman–Crippen LogP) is 3.25. The third kappa shape index (κ3) is 3.19. The highest BCUT2D eigenvalue weighted by Crippen LogP contribution is 2.44. The summed E-state index contributed by atoms with van der Waals surface area (Å²) in [6.07, 6.45) is 1.53. The van der Waals surface area contributed by atoms with Gasteiger partial charge in [-0.05, 0) is 35.9 Å². The highest BCUT2D eigenvalue weighted by Gasteiger charge is 2.48. The fourth-order valence-electron chi connectivity index (χ4n) is 3.72. The van der Waals surface area contributed by atoms with Gasteiger partial charge in [-0.15, -0.1) is 11.3 Å². The average Bonchev–Trinajstić information content (AvgIpc) is 3.40. The van der Waals surface area contributed by atoms with Crippen LogP contribution >= 0.6 is 11.3 Å². The fourth-order valence-corrected chi connectivity index (χ4v) is 4.39. The number of carbonyl (C=O) groups is 2. The number of thiazole rings is 1. The number of fused-ring (bicyclic) bond motifs is 1. The van der Waals surface area contributed by atoms with E-state index in [1.165, 1.54) is 34.6 Å². The zero-order valence-electron chi connectivity index (χ0n) is 16.0. The smallest absolute Gasteiger partial charge is 0.301 e. The highest BCUT2D eigenvalue weighted by molar-refractivity contribution is 7.14. The van der Waals surface area contributed by atoms with Crippen molar-refractivity contribution < 1.29 is 29.3 Å². The molecule has 2 aliphatic heterocycles. The second-order valence-electron chi connectivity index (χ2n) is 6.94. The first-order valence-corrected chi connectivity index (χ1v) is 10.3. The normalized spacial score (nSPS) is 19.6. The molecule has 1 amide bonds. The molecule has 0 radical (unpaired) electrons. The van der Waals surface area contributed by atoms with E-state index in [0.29, 0.717) is 41.0 Å². The molecule has 1 unspecified atom stereocenters. The molecule has 0 saturated carbocycles. The molecule has 1 saturated heterocycles. The number of amides is 1. The van der Waals surface area contributed by atoms with Crippen molar-refractivity contribution in [3.63, 3.8) is 0 Å². The monoisotopic (exact) mass is 436 g/mol. The Hall–Kier alpha value is -3.85. The molecule has 1 fully saturated rings. The Labute approximate surface area is 180 Å². The molecule has 5 rings (SSSR count). The Bertz CT molecular complexity index is 1220. The number of benzene rings is 2. The molecular weight excluding hydrogens is 420 g/mol. The van der Waals surface area contributed by atoms with E-state index in [-0.39, 0.29) is 17.1 Å². The molecule has 156 valence electrons. The van der Waals surface area contributed by atoms with Crippen LogP contribution in [0.5, 0.6) is 17.2 Å². The number of aromatic hydroxyl groups is 1. The molecule has 3 aromatic rings. The second kappa shape index (κ2) is 7.44. The van der Waals surface area contributed by atoms with Crippen molar-refractivity contribution in [2.45, 2.75) is 6.04 Å². The maximum atomic E-state index is 13.0. The van der Waals surface area contributed by atoms with E-state index < -0.39 is 17.7 Å². The number of aromatic nitrogens is 1. The maximum Gasteiger partial charge on any atom is 0.301 e. The van der Waals surface area contributed by atoms with Gasteiger partial charge in [-0.2, -0.15) is 0 Å². The van der Waals surface area contributed by atoms with Gasteiger partial charge in [-0.3, -0.25) is 14.5 Å². The van der Waals surface area contributed by atoms with Crippen LogP contribution in [0.15, 0.2) is 59.6 Å². The summed E-state index contributed by atoms with van der Waals surface area (Å²) in [6, 6.07) is 10.1.